The quantitative estimate of drug-likeness (QED) is 0.855. The Bertz CT molecular complexity index is 425. The van der Waals surface area contributed by atoms with E-state index in [9.17, 15) is 5.11 Å². The summed E-state index contributed by atoms with van der Waals surface area (Å²) in [6.07, 6.45) is 3.73. The number of ether oxygens (including phenoxy) is 1. The summed E-state index contributed by atoms with van der Waals surface area (Å²) in [7, 11) is 1.97. The normalized spacial score (nSPS) is 22.9. The molecule has 0 aromatic carbocycles. The van der Waals surface area contributed by atoms with Gasteiger partial charge in [-0.1, -0.05) is 5.16 Å². The number of aliphatic hydroxyl groups is 1. The van der Waals surface area contributed by atoms with E-state index >= 15 is 0 Å². The summed E-state index contributed by atoms with van der Waals surface area (Å²) < 4.78 is 10.5. The van der Waals surface area contributed by atoms with Crippen LogP contribution in [0.1, 0.15) is 43.3 Å². The van der Waals surface area contributed by atoms with Crippen molar-refractivity contribution in [3.05, 3.63) is 11.7 Å². The average Bonchev–Trinajstić information content (AvgIpc) is 3.11. The van der Waals surface area contributed by atoms with Crippen LogP contribution >= 0.6 is 0 Å². The lowest BCUT2D eigenvalue weighted by Gasteiger charge is -2.35. The molecule has 2 heterocycles. The lowest BCUT2D eigenvalue weighted by molar-refractivity contribution is -0.0784. The van der Waals surface area contributed by atoms with E-state index in [1.54, 1.807) is 0 Å². The first kappa shape index (κ1) is 13.0. The molecular formula is C13H21N3O3. The molecule has 6 nitrogen and oxygen atoms in total. The van der Waals surface area contributed by atoms with Gasteiger partial charge >= 0.3 is 0 Å². The van der Waals surface area contributed by atoms with E-state index in [2.05, 4.69) is 10.1 Å². The second-order valence-corrected chi connectivity index (χ2v) is 5.83. The molecule has 0 atom stereocenters. The van der Waals surface area contributed by atoms with Crippen LogP contribution in [0, 0.1) is 0 Å². The molecule has 19 heavy (non-hydrogen) atoms. The third kappa shape index (κ3) is 3.32. The number of nitrogens with zero attached hydrogens (tertiary/aromatic N) is 3. The Hall–Kier alpha value is -0.980. The van der Waals surface area contributed by atoms with Gasteiger partial charge in [-0.05, 0) is 19.9 Å². The van der Waals surface area contributed by atoms with Crippen molar-refractivity contribution in [2.45, 2.75) is 43.7 Å². The van der Waals surface area contributed by atoms with Gasteiger partial charge in [-0.2, -0.15) is 4.98 Å². The summed E-state index contributed by atoms with van der Waals surface area (Å²) >= 11 is 0. The van der Waals surface area contributed by atoms with Gasteiger partial charge in [0.15, 0.2) is 5.82 Å². The van der Waals surface area contributed by atoms with Gasteiger partial charge in [0, 0.05) is 38.5 Å². The van der Waals surface area contributed by atoms with Crippen LogP contribution in [0.4, 0.5) is 0 Å². The van der Waals surface area contributed by atoms with Gasteiger partial charge in [-0.3, -0.25) is 4.90 Å². The standard InChI is InChI=1S/C13H21N3O3/c1-16(9-13(17)4-6-18-7-5-13)8-11-14-12(15-19-11)10-2-3-10/h10,17H,2-9H2,1H3. The molecule has 1 aliphatic heterocycles. The van der Waals surface area contributed by atoms with Crippen molar-refractivity contribution in [1.29, 1.82) is 0 Å². The van der Waals surface area contributed by atoms with E-state index in [0.29, 0.717) is 51.0 Å². The number of likely N-dealkylation sites (N-methyl/N-ethyl adjacent to an activating group) is 1. The fraction of sp³-hybridized carbons (Fsp3) is 0.846. The molecule has 1 aromatic heterocycles. The van der Waals surface area contributed by atoms with Crippen LogP contribution in [0.5, 0.6) is 0 Å². The van der Waals surface area contributed by atoms with E-state index in [1.807, 2.05) is 11.9 Å². The van der Waals surface area contributed by atoms with Crippen molar-refractivity contribution in [2.24, 2.45) is 0 Å². The van der Waals surface area contributed by atoms with Crippen molar-refractivity contribution in [3.63, 3.8) is 0 Å². The first-order chi connectivity index (χ1) is 9.15. The molecule has 2 fully saturated rings. The Labute approximate surface area is 112 Å². The summed E-state index contributed by atoms with van der Waals surface area (Å²) in [4.78, 5) is 6.44. The zero-order valence-electron chi connectivity index (χ0n) is 11.3. The molecule has 2 aliphatic rings. The Morgan fingerprint density at radius 3 is 2.79 bits per heavy atom. The zero-order chi connectivity index (χ0) is 13.3. The highest BCUT2D eigenvalue weighted by Gasteiger charge is 2.32. The third-order valence-corrected chi connectivity index (χ3v) is 3.82. The molecule has 3 rings (SSSR count). The second kappa shape index (κ2) is 5.19. The van der Waals surface area contributed by atoms with E-state index in [4.69, 9.17) is 9.26 Å². The molecule has 0 bridgehead atoms. The van der Waals surface area contributed by atoms with Crippen molar-refractivity contribution in [2.75, 3.05) is 26.8 Å². The summed E-state index contributed by atoms with van der Waals surface area (Å²) in [5.74, 6) is 2.00. The molecule has 0 radical (unpaired) electrons. The van der Waals surface area contributed by atoms with Crippen molar-refractivity contribution in [3.8, 4) is 0 Å². The molecular weight excluding hydrogens is 246 g/mol. The summed E-state index contributed by atoms with van der Waals surface area (Å²) in [6, 6.07) is 0. The highest BCUT2D eigenvalue weighted by atomic mass is 16.5. The van der Waals surface area contributed by atoms with Gasteiger partial charge in [0.1, 0.15) is 0 Å². The molecule has 0 spiro atoms. The van der Waals surface area contributed by atoms with Gasteiger partial charge in [0.25, 0.3) is 0 Å². The van der Waals surface area contributed by atoms with Crippen molar-refractivity contribution < 1.29 is 14.4 Å². The number of hydrogen-bond donors (Lipinski definition) is 1. The molecule has 1 aliphatic carbocycles. The Morgan fingerprint density at radius 2 is 2.11 bits per heavy atom. The molecule has 0 amide bonds. The first-order valence-corrected chi connectivity index (χ1v) is 6.96. The predicted octanol–water partition coefficient (Wildman–Crippen LogP) is 0.920. The van der Waals surface area contributed by atoms with E-state index < -0.39 is 5.60 Å². The average molecular weight is 267 g/mol. The summed E-state index contributed by atoms with van der Waals surface area (Å²) in [5.41, 5.74) is -0.646. The molecule has 1 aromatic rings. The highest BCUT2D eigenvalue weighted by molar-refractivity contribution is 5.03. The molecule has 1 saturated carbocycles. The van der Waals surface area contributed by atoms with Crippen LogP contribution in [0.15, 0.2) is 4.52 Å². The first-order valence-electron chi connectivity index (χ1n) is 6.96. The molecule has 6 heteroatoms. The van der Waals surface area contributed by atoms with Crippen LogP contribution in [0.2, 0.25) is 0 Å². The maximum atomic E-state index is 10.4. The van der Waals surface area contributed by atoms with Crippen LogP contribution in [0.25, 0.3) is 0 Å². The molecule has 106 valence electrons. The van der Waals surface area contributed by atoms with E-state index in [0.717, 1.165) is 5.82 Å². The fourth-order valence-electron chi connectivity index (χ4n) is 2.54. The maximum absolute atomic E-state index is 10.4. The second-order valence-electron chi connectivity index (χ2n) is 5.83. The van der Waals surface area contributed by atoms with Gasteiger partial charge in [-0.25, -0.2) is 0 Å². The monoisotopic (exact) mass is 267 g/mol. The van der Waals surface area contributed by atoms with Crippen LogP contribution in [0.3, 0.4) is 0 Å². The summed E-state index contributed by atoms with van der Waals surface area (Å²) in [6.45, 7) is 2.47. The summed E-state index contributed by atoms with van der Waals surface area (Å²) in [5, 5.41) is 14.4. The van der Waals surface area contributed by atoms with E-state index in [1.165, 1.54) is 12.8 Å². The van der Waals surface area contributed by atoms with E-state index in [-0.39, 0.29) is 0 Å². The number of hydrogen-bond acceptors (Lipinski definition) is 6. The Balaban J connectivity index is 1.53. The van der Waals surface area contributed by atoms with Crippen LogP contribution in [-0.2, 0) is 11.3 Å². The predicted molar refractivity (Wildman–Crippen MR) is 67.6 cm³/mol. The molecule has 1 saturated heterocycles. The molecule has 1 N–H and O–H groups in total. The lowest BCUT2D eigenvalue weighted by Crippen LogP contribution is -2.45. The van der Waals surface area contributed by atoms with Crippen LogP contribution in [-0.4, -0.2) is 52.6 Å². The Kier molecular flexibility index (Phi) is 3.56. The molecule has 0 unspecified atom stereocenters. The highest BCUT2D eigenvalue weighted by Crippen LogP contribution is 2.38. The minimum atomic E-state index is -0.646. The van der Waals surface area contributed by atoms with Gasteiger partial charge in [-0.15, -0.1) is 0 Å². The largest absolute Gasteiger partial charge is 0.388 e. The topological polar surface area (TPSA) is 71.6 Å². The minimum absolute atomic E-state index is 0.516. The fourth-order valence-corrected chi connectivity index (χ4v) is 2.54. The maximum Gasteiger partial charge on any atom is 0.240 e. The number of aromatic nitrogens is 2. The third-order valence-electron chi connectivity index (χ3n) is 3.82. The van der Waals surface area contributed by atoms with Gasteiger partial charge in [0.2, 0.25) is 5.89 Å². The minimum Gasteiger partial charge on any atom is -0.388 e. The van der Waals surface area contributed by atoms with Gasteiger partial charge < -0.3 is 14.4 Å². The van der Waals surface area contributed by atoms with Crippen molar-refractivity contribution >= 4 is 0 Å². The van der Waals surface area contributed by atoms with Crippen molar-refractivity contribution in [1.82, 2.24) is 15.0 Å². The lowest BCUT2D eigenvalue weighted by atomic mass is 9.94. The smallest absolute Gasteiger partial charge is 0.240 e. The van der Waals surface area contributed by atoms with Crippen LogP contribution < -0.4 is 0 Å². The zero-order valence-corrected chi connectivity index (χ0v) is 11.3. The number of rotatable bonds is 5. The van der Waals surface area contributed by atoms with Gasteiger partial charge in [0.05, 0.1) is 12.1 Å². The Morgan fingerprint density at radius 1 is 1.37 bits per heavy atom. The SMILES string of the molecule is CN(Cc1nc(C2CC2)no1)CC1(O)CCOCC1.